The van der Waals surface area contributed by atoms with E-state index in [1.807, 2.05) is 13.0 Å². The first-order valence-corrected chi connectivity index (χ1v) is 4.17. The molecule has 0 aromatic carbocycles. The van der Waals surface area contributed by atoms with Crippen LogP contribution in [0.4, 0.5) is 0 Å². The van der Waals surface area contributed by atoms with E-state index < -0.39 is 0 Å². The molecule has 0 saturated carbocycles. The largest absolute Gasteiger partial charge is 0.394 e. The molecule has 11 heavy (non-hydrogen) atoms. The van der Waals surface area contributed by atoms with Gasteiger partial charge in [0, 0.05) is 0 Å². The summed E-state index contributed by atoms with van der Waals surface area (Å²) in [5, 5.41) is 8.71. The van der Waals surface area contributed by atoms with Gasteiger partial charge in [0.2, 0.25) is 0 Å². The highest BCUT2D eigenvalue weighted by atomic mass is 16.6. The molecule has 0 amide bonds. The Morgan fingerprint density at radius 3 is 2.82 bits per heavy atom. The van der Waals surface area contributed by atoms with E-state index in [9.17, 15) is 0 Å². The molecule has 3 atom stereocenters. The molecule has 0 aliphatic carbocycles. The van der Waals surface area contributed by atoms with Crippen LogP contribution in [0, 0.1) is 5.92 Å². The smallest absolute Gasteiger partial charge is 0.107 e. The molecule has 1 aliphatic heterocycles. The number of rotatable bonds is 4. The van der Waals surface area contributed by atoms with E-state index in [-0.39, 0.29) is 12.7 Å². The Balaban J connectivity index is 2.17. The van der Waals surface area contributed by atoms with Crippen LogP contribution in [0.3, 0.4) is 0 Å². The fourth-order valence-electron chi connectivity index (χ4n) is 1.29. The van der Waals surface area contributed by atoms with Gasteiger partial charge >= 0.3 is 0 Å². The fraction of sp³-hybridized carbons (Fsp3) is 0.778. The summed E-state index contributed by atoms with van der Waals surface area (Å²) in [5.74, 6) is 0.545. The minimum atomic E-state index is 0.121. The zero-order valence-electron chi connectivity index (χ0n) is 7.16. The highest BCUT2D eigenvalue weighted by Gasteiger charge is 2.41. The lowest BCUT2D eigenvalue weighted by atomic mass is 10.0. The lowest BCUT2D eigenvalue weighted by Gasteiger charge is -2.02. The molecule has 0 bridgehead atoms. The van der Waals surface area contributed by atoms with E-state index in [1.54, 1.807) is 0 Å². The molecular weight excluding hydrogens is 140 g/mol. The second-order valence-electron chi connectivity index (χ2n) is 3.10. The predicted molar refractivity (Wildman–Crippen MR) is 44.3 cm³/mol. The fourth-order valence-corrected chi connectivity index (χ4v) is 1.29. The number of aliphatic hydroxyl groups excluding tert-OH is 1. The maximum absolute atomic E-state index is 8.71. The third-order valence-corrected chi connectivity index (χ3v) is 2.11. The summed E-state index contributed by atoms with van der Waals surface area (Å²) in [4.78, 5) is 0. The maximum Gasteiger partial charge on any atom is 0.107 e. The van der Waals surface area contributed by atoms with Gasteiger partial charge in [-0.1, -0.05) is 19.1 Å². The first-order chi connectivity index (χ1) is 5.29. The van der Waals surface area contributed by atoms with Gasteiger partial charge in [0.05, 0.1) is 12.7 Å². The Morgan fingerprint density at radius 1 is 1.64 bits per heavy atom. The van der Waals surface area contributed by atoms with Gasteiger partial charge in [0.25, 0.3) is 0 Å². The van der Waals surface area contributed by atoms with Gasteiger partial charge in [-0.15, -0.1) is 0 Å². The molecule has 64 valence electrons. The summed E-state index contributed by atoms with van der Waals surface area (Å²) in [6, 6.07) is 0. The monoisotopic (exact) mass is 156 g/mol. The molecule has 1 saturated heterocycles. The second-order valence-corrected chi connectivity index (χ2v) is 3.10. The molecule has 0 spiro atoms. The van der Waals surface area contributed by atoms with Crippen LogP contribution in [0.25, 0.3) is 0 Å². The van der Waals surface area contributed by atoms with E-state index in [0.29, 0.717) is 12.0 Å². The van der Waals surface area contributed by atoms with Crippen molar-refractivity contribution < 1.29 is 9.84 Å². The van der Waals surface area contributed by atoms with Crippen molar-refractivity contribution in [2.24, 2.45) is 5.92 Å². The van der Waals surface area contributed by atoms with E-state index in [2.05, 4.69) is 13.0 Å². The molecule has 2 nitrogen and oxygen atoms in total. The average molecular weight is 156 g/mol. The van der Waals surface area contributed by atoms with Crippen LogP contribution in [0.1, 0.15) is 20.3 Å². The summed E-state index contributed by atoms with van der Waals surface area (Å²) < 4.78 is 5.24. The van der Waals surface area contributed by atoms with Crippen molar-refractivity contribution in [3.8, 4) is 0 Å². The quantitative estimate of drug-likeness (QED) is 0.492. The van der Waals surface area contributed by atoms with Gasteiger partial charge < -0.3 is 9.84 Å². The third kappa shape index (κ3) is 2.31. The van der Waals surface area contributed by atoms with Gasteiger partial charge in [-0.2, -0.15) is 0 Å². The molecule has 1 N–H and O–H groups in total. The summed E-state index contributed by atoms with van der Waals surface area (Å²) in [5.41, 5.74) is 0. The van der Waals surface area contributed by atoms with Gasteiger partial charge in [0.15, 0.2) is 0 Å². The van der Waals surface area contributed by atoms with Crippen molar-refractivity contribution in [3.63, 3.8) is 0 Å². The van der Waals surface area contributed by atoms with Gasteiger partial charge in [-0.25, -0.2) is 0 Å². The Morgan fingerprint density at radius 2 is 2.36 bits per heavy atom. The first kappa shape index (κ1) is 8.75. The van der Waals surface area contributed by atoms with Crippen molar-refractivity contribution in [2.45, 2.75) is 32.5 Å². The highest BCUT2D eigenvalue weighted by molar-refractivity contribution is 4.92. The molecule has 1 aliphatic rings. The third-order valence-electron chi connectivity index (χ3n) is 2.11. The molecule has 0 radical (unpaired) electrons. The number of ether oxygens (including phenoxy) is 1. The first-order valence-electron chi connectivity index (χ1n) is 4.17. The molecule has 0 aromatic heterocycles. The second kappa shape index (κ2) is 3.88. The Kier molecular flexibility index (Phi) is 3.09. The average Bonchev–Trinajstić information content (AvgIpc) is 2.78. The zero-order chi connectivity index (χ0) is 8.27. The van der Waals surface area contributed by atoms with Crippen LogP contribution in [0.5, 0.6) is 0 Å². The van der Waals surface area contributed by atoms with E-state index in [4.69, 9.17) is 9.84 Å². The molecular formula is C9H16O2. The van der Waals surface area contributed by atoms with Crippen LogP contribution in [-0.2, 0) is 4.74 Å². The van der Waals surface area contributed by atoms with Crippen LogP contribution >= 0.6 is 0 Å². The SMILES string of the molecule is C/C=C/C[C@H](C)[C@H]1O[C@@H]1CO. The van der Waals surface area contributed by atoms with Crippen molar-refractivity contribution in [2.75, 3.05) is 6.61 Å². The highest BCUT2D eigenvalue weighted by Crippen LogP contribution is 2.30. The lowest BCUT2D eigenvalue weighted by molar-refractivity contribution is 0.239. The number of epoxide rings is 1. The van der Waals surface area contributed by atoms with Gasteiger partial charge in [-0.05, 0) is 19.3 Å². The molecule has 0 unspecified atom stereocenters. The molecule has 0 aromatic rings. The van der Waals surface area contributed by atoms with E-state index in [0.717, 1.165) is 6.42 Å². The standard InChI is InChI=1S/C9H16O2/c1-3-4-5-7(2)9-8(6-10)11-9/h3-4,7-10H,5-6H2,1-2H3/b4-3+/t7-,8+,9+/m0/s1. The molecule has 1 heterocycles. The Hall–Kier alpha value is -0.340. The van der Waals surface area contributed by atoms with Crippen LogP contribution in [0.15, 0.2) is 12.2 Å². The summed E-state index contributed by atoms with van der Waals surface area (Å²) in [6.45, 7) is 4.34. The zero-order valence-corrected chi connectivity index (χ0v) is 7.16. The summed E-state index contributed by atoms with van der Waals surface area (Å²) in [6.07, 6.45) is 5.66. The topological polar surface area (TPSA) is 32.8 Å². The van der Waals surface area contributed by atoms with Gasteiger partial charge in [-0.3, -0.25) is 0 Å². The minimum absolute atomic E-state index is 0.121. The molecule has 1 rings (SSSR count). The summed E-state index contributed by atoms with van der Waals surface area (Å²) in [7, 11) is 0. The van der Waals surface area contributed by atoms with Gasteiger partial charge in [0.1, 0.15) is 6.10 Å². The van der Waals surface area contributed by atoms with E-state index >= 15 is 0 Å². The van der Waals surface area contributed by atoms with Crippen molar-refractivity contribution in [1.29, 1.82) is 0 Å². The van der Waals surface area contributed by atoms with Crippen LogP contribution < -0.4 is 0 Å². The Labute approximate surface area is 67.9 Å². The maximum atomic E-state index is 8.71. The van der Waals surface area contributed by atoms with E-state index in [1.165, 1.54) is 0 Å². The number of aliphatic hydroxyl groups is 1. The number of allylic oxidation sites excluding steroid dienone is 2. The normalized spacial score (nSPS) is 32.6. The minimum Gasteiger partial charge on any atom is -0.394 e. The van der Waals surface area contributed by atoms with Crippen LogP contribution in [0.2, 0.25) is 0 Å². The predicted octanol–water partition coefficient (Wildman–Crippen LogP) is 1.35. The Bertz CT molecular complexity index is 142. The summed E-state index contributed by atoms with van der Waals surface area (Å²) >= 11 is 0. The molecule has 1 fully saturated rings. The number of hydrogen-bond donors (Lipinski definition) is 1. The number of hydrogen-bond acceptors (Lipinski definition) is 2. The van der Waals surface area contributed by atoms with Crippen LogP contribution in [-0.4, -0.2) is 23.9 Å². The van der Waals surface area contributed by atoms with Crippen molar-refractivity contribution in [1.82, 2.24) is 0 Å². The lowest BCUT2D eigenvalue weighted by Crippen LogP contribution is -2.08. The van der Waals surface area contributed by atoms with Crippen molar-refractivity contribution in [3.05, 3.63) is 12.2 Å². The molecule has 2 heteroatoms. The van der Waals surface area contributed by atoms with Crippen molar-refractivity contribution >= 4 is 0 Å².